The molecule has 10 heteroatoms. The zero-order valence-electron chi connectivity index (χ0n) is 13.5. The van der Waals surface area contributed by atoms with Gasteiger partial charge in [0.15, 0.2) is 0 Å². The molecule has 0 bridgehead atoms. The van der Waals surface area contributed by atoms with E-state index in [-0.39, 0.29) is 62.3 Å². The summed E-state index contributed by atoms with van der Waals surface area (Å²) in [4.78, 5) is 11.6. The van der Waals surface area contributed by atoms with Crippen LogP contribution in [0, 0.1) is 0 Å². The number of nitrogens with one attached hydrogen (secondary N) is 2. The maximum Gasteiger partial charge on any atom is 0.222 e. The van der Waals surface area contributed by atoms with Crippen LogP contribution in [0.5, 0.6) is 0 Å². The second-order valence-corrected chi connectivity index (χ2v) is 7.23. The van der Waals surface area contributed by atoms with Crippen LogP contribution in [0.25, 0.3) is 0 Å². The molecule has 1 fully saturated rings. The molecule has 0 aromatic carbocycles. The molecule has 4 N–H and O–H groups in total. The van der Waals surface area contributed by atoms with Crippen LogP contribution in [0.15, 0.2) is 0 Å². The van der Waals surface area contributed by atoms with E-state index in [0.717, 1.165) is 19.3 Å². The van der Waals surface area contributed by atoms with Crippen molar-refractivity contribution in [3.05, 3.63) is 0 Å². The van der Waals surface area contributed by atoms with E-state index in [4.69, 9.17) is 15.2 Å². The second-order valence-electron chi connectivity index (χ2n) is 5.30. The number of ether oxygens (including phenoxy) is 2. The molecule has 0 radical (unpaired) electrons. The minimum absolute atomic E-state index is 0. The molecule has 1 heterocycles. The molecule has 8 nitrogen and oxygen atoms in total. The zero-order valence-corrected chi connectivity index (χ0v) is 15.1. The van der Waals surface area contributed by atoms with Crippen molar-refractivity contribution in [3.8, 4) is 0 Å². The van der Waals surface area contributed by atoms with Gasteiger partial charge in [0.25, 0.3) is 0 Å². The molecule has 1 aliphatic heterocycles. The van der Waals surface area contributed by atoms with E-state index < -0.39 is 10.0 Å². The fourth-order valence-corrected chi connectivity index (χ4v) is 3.08. The lowest BCUT2D eigenvalue weighted by molar-refractivity contribution is -0.123. The summed E-state index contributed by atoms with van der Waals surface area (Å²) in [5, 5.41) is 2.55. The summed E-state index contributed by atoms with van der Waals surface area (Å²) in [5.74, 6) is -0.436. The highest BCUT2D eigenvalue weighted by Crippen LogP contribution is 2.11. The molecule has 138 valence electrons. The highest BCUT2D eigenvalue weighted by Gasteiger charge is 2.18. The smallest absolute Gasteiger partial charge is 0.222 e. The predicted octanol–water partition coefficient (Wildman–Crippen LogP) is -0.623. The Balaban J connectivity index is 0.00000484. The molecule has 1 aliphatic rings. The molecule has 2 unspecified atom stereocenters. The standard InChI is InChI=1S/C13H27N3O5S.ClH/c1-20-12(9-14)8-13(17)15-5-7-22(18,19)16-10-11-4-2-3-6-21-11;/h11-12,16H,2-10,14H2,1H3,(H,15,17);1H. The second kappa shape index (κ2) is 12.0. The molecule has 0 aliphatic carbocycles. The molecule has 0 aromatic heterocycles. The minimum Gasteiger partial charge on any atom is -0.380 e. The number of methoxy groups -OCH3 is 1. The van der Waals surface area contributed by atoms with Crippen LogP contribution in [0.1, 0.15) is 25.7 Å². The maximum atomic E-state index is 11.8. The fourth-order valence-electron chi connectivity index (χ4n) is 2.13. The maximum absolute atomic E-state index is 11.8. The number of nitrogens with two attached hydrogens (primary N) is 1. The first-order chi connectivity index (χ1) is 10.5. The van der Waals surface area contributed by atoms with E-state index in [9.17, 15) is 13.2 Å². The largest absolute Gasteiger partial charge is 0.380 e. The lowest BCUT2D eigenvalue weighted by Crippen LogP contribution is -2.40. The van der Waals surface area contributed by atoms with Crippen molar-refractivity contribution in [2.24, 2.45) is 5.73 Å². The van der Waals surface area contributed by atoms with Gasteiger partial charge in [0.05, 0.1) is 24.4 Å². The average molecular weight is 374 g/mol. The third-order valence-corrected chi connectivity index (χ3v) is 4.86. The first-order valence-electron chi connectivity index (χ1n) is 7.55. The quantitative estimate of drug-likeness (QED) is 0.469. The molecule has 1 amide bonds. The normalized spacial score (nSPS) is 19.7. The van der Waals surface area contributed by atoms with E-state index in [1.807, 2.05) is 0 Å². The number of amides is 1. The van der Waals surface area contributed by atoms with Crippen molar-refractivity contribution >= 4 is 28.3 Å². The monoisotopic (exact) mass is 373 g/mol. The molecular formula is C13H28ClN3O5S. The van der Waals surface area contributed by atoms with Crippen LogP contribution in [-0.2, 0) is 24.3 Å². The van der Waals surface area contributed by atoms with Crippen molar-refractivity contribution < 1.29 is 22.7 Å². The first kappa shape index (κ1) is 22.6. The van der Waals surface area contributed by atoms with Gasteiger partial charge in [-0.15, -0.1) is 12.4 Å². The zero-order chi connectivity index (χ0) is 16.4. The molecule has 2 atom stereocenters. The lowest BCUT2D eigenvalue weighted by Gasteiger charge is -2.22. The van der Waals surface area contributed by atoms with E-state index >= 15 is 0 Å². The summed E-state index contributed by atoms with van der Waals surface area (Å²) in [6.07, 6.45) is 2.68. The van der Waals surface area contributed by atoms with Gasteiger partial charge in [-0.05, 0) is 19.3 Å². The van der Waals surface area contributed by atoms with Gasteiger partial charge in [-0.3, -0.25) is 4.79 Å². The van der Waals surface area contributed by atoms with Crippen LogP contribution >= 0.6 is 12.4 Å². The Bertz CT molecular complexity index is 425. The molecular weight excluding hydrogens is 346 g/mol. The molecule has 1 saturated heterocycles. The Morgan fingerprint density at radius 1 is 1.43 bits per heavy atom. The topological polar surface area (TPSA) is 120 Å². The summed E-state index contributed by atoms with van der Waals surface area (Å²) < 4.78 is 36.6. The van der Waals surface area contributed by atoms with Gasteiger partial charge in [0.1, 0.15) is 0 Å². The molecule has 23 heavy (non-hydrogen) atoms. The number of hydrogen-bond acceptors (Lipinski definition) is 6. The van der Waals surface area contributed by atoms with Gasteiger partial charge in [-0.25, -0.2) is 13.1 Å². The summed E-state index contributed by atoms with van der Waals surface area (Å²) in [5.41, 5.74) is 5.42. The van der Waals surface area contributed by atoms with Crippen molar-refractivity contribution in [2.75, 3.05) is 39.1 Å². The number of carbonyl (C=O) groups excluding carboxylic acids is 1. The van der Waals surface area contributed by atoms with Crippen LogP contribution in [0.2, 0.25) is 0 Å². The van der Waals surface area contributed by atoms with Crippen molar-refractivity contribution in [1.82, 2.24) is 10.0 Å². The summed E-state index contributed by atoms with van der Waals surface area (Å²) in [7, 11) is -1.94. The van der Waals surface area contributed by atoms with Crippen LogP contribution < -0.4 is 15.8 Å². The van der Waals surface area contributed by atoms with Crippen molar-refractivity contribution in [3.63, 3.8) is 0 Å². The number of carbonyl (C=O) groups is 1. The molecule has 0 aromatic rings. The van der Waals surface area contributed by atoms with Gasteiger partial charge in [-0.1, -0.05) is 0 Å². The van der Waals surface area contributed by atoms with Gasteiger partial charge >= 0.3 is 0 Å². The summed E-state index contributed by atoms with van der Waals surface area (Å²) in [6.45, 7) is 1.27. The number of hydrogen-bond donors (Lipinski definition) is 3. The van der Waals surface area contributed by atoms with Gasteiger partial charge < -0.3 is 20.5 Å². The van der Waals surface area contributed by atoms with Crippen LogP contribution in [0.4, 0.5) is 0 Å². The predicted molar refractivity (Wildman–Crippen MR) is 90.1 cm³/mol. The third-order valence-electron chi connectivity index (χ3n) is 3.51. The highest BCUT2D eigenvalue weighted by molar-refractivity contribution is 7.89. The van der Waals surface area contributed by atoms with Crippen molar-refractivity contribution in [2.45, 2.75) is 37.9 Å². The van der Waals surface area contributed by atoms with E-state index in [1.54, 1.807) is 0 Å². The molecule has 1 rings (SSSR count). The number of rotatable bonds is 10. The molecule has 0 spiro atoms. The Morgan fingerprint density at radius 2 is 2.17 bits per heavy atom. The first-order valence-corrected chi connectivity index (χ1v) is 9.20. The fraction of sp³-hybridized carbons (Fsp3) is 0.923. The van der Waals surface area contributed by atoms with Gasteiger partial charge in [0.2, 0.25) is 15.9 Å². The third kappa shape index (κ3) is 10.1. The van der Waals surface area contributed by atoms with Crippen LogP contribution in [-0.4, -0.2) is 65.6 Å². The van der Waals surface area contributed by atoms with E-state index in [2.05, 4.69) is 10.0 Å². The van der Waals surface area contributed by atoms with Crippen molar-refractivity contribution in [1.29, 1.82) is 0 Å². The minimum atomic E-state index is -3.42. The summed E-state index contributed by atoms with van der Waals surface area (Å²) >= 11 is 0. The SMILES string of the molecule is COC(CN)CC(=O)NCCS(=O)(=O)NCC1CCCCO1.Cl. The highest BCUT2D eigenvalue weighted by atomic mass is 35.5. The van der Waals surface area contributed by atoms with E-state index in [1.165, 1.54) is 7.11 Å². The Labute approximate surface area is 144 Å². The Morgan fingerprint density at radius 3 is 2.74 bits per heavy atom. The summed E-state index contributed by atoms with van der Waals surface area (Å²) in [6, 6.07) is 0. The average Bonchev–Trinajstić information content (AvgIpc) is 2.51. The van der Waals surface area contributed by atoms with Gasteiger partial charge in [-0.2, -0.15) is 0 Å². The Hall–Kier alpha value is -0.450. The molecule has 0 saturated carbocycles. The number of halogens is 1. The Kier molecular flexibility index (Phi) is 11.8. The van der Waals surface area contributed by atoms with Crippen LogP contribution in [0.3, 0.4) is 0 Å². The number of sulfonamides is 1. The lowest BCUT2D eigenvalue weighted by atomic mass is 10.1. The van der Waals surface area contributed by atoms with E-state index in [0.29, 0.717) is 6.61 Å². The van der Waals surface area contributed by atoms with Gasteiger partial charge in [0, 0.05) is 33.4 Å².